The topological polar surface area (TPSA) is 97.3 Å². The molecule has 31 heavy (non-hydrogen) atoms. The normalized spacial score (nSPS) is 27.2. The Morgan fingerprint density at radius 2 is 1.94 bits per heavy atom. The minimum atomic E-state index is -3.27. The quantitative estimate of drug-likeness (QED) is 0.699. The molecule has 2 atom stereocenters. The number of nitrogens with one attached hydrogen (secondary N) is 1. The van der Waals surface area contributed by atoms with Crippen molar-refractivity contribution in [3.8, 4) is 0 Å². The standard InChI is InChI=1S/C22H31N5O3S/c1-31(28,29)26-21-10-13-27(22-4-2-3-11-24-22)14-18(21)15-30-19-7-5-17(6-8-19)20-9-12-23-16-25-20/h2-4,9,11-12,16-19,21,26H,5-8,10,13-15H2,1H3/t17?,18?,19?,21-/m0/s1. The Balaban J connectivity index is 1.34. The number of sulfonamides is 1. The summed E-state index contributed by atoms with van der Waals surface area (Å²) in [6, 6.07) is 7.76. The molecule has 1 unspecified atom stereocenters. The average molecular weight is 446 g/mol. The fourth-order valence-corrected chi connectivity index (χ4v) is 5.57. The van der Waals surface area contributed by atoms with Gasteiger partial charge in [0.25, 0.3) is 0 Å². The van der Waals surface area contributed by atoms with Gasteiger partial charge in [-0.15, -0.1) is 0 Å². The number of aromatic nitrogens is 3. The molecule has 8 nitrogen and oxygen atoms in total. The van der Waals surface area contributed by atoms with Gasteiger partial charge < -0.3 is 9.64 Å². The lowest BCUT2D eigenvalue weighted by molar-refractivity contribution is -0.00232. The van der Waals surface area contributed by atoms with Crippen LogP contribution in [-0.2, 0) is 14.8 Å². The van der Waals surface area contributed by atoms with Crippen LogP contribution in [-0.4, -0.2) is 61.5 Å². The van der Waals surface area contributed by atoms with E-state index in [1.807, 2.05) is 24.3 Å². The van der Waals surface area contributed by atoms with Gasteiger partial charge in [0.2, 0.25) is 10.0 Å². The van der Waals surface area contributed by atoms with E-state index in [0.29, 0.717) is 12.5 Å². The predicted molar refractivity (Wildman–Crippen MR) is 119 cm³/mol. The Morgan fingerprint density at radius 3 is 2.61 bits per heavy atom. The number of piperidine rings is 1. The second-order valence-corrected chi connectivity index (χ2v) is 10.4. The van der Waals surface area contributed by atoms with Crippen molar-refractivity contribution in [2.75, 3.05) is 30.9 Å². The van der Waals surface area contributed by atoms with E-state index in [1.165, 1.54) is 6.26 Å². The first-order valence-corrected chi connectivity index (χ1v) is 12.9. The van der Waals surface area contributed by atoms with Gasteiger partial charge in [0.1, 0.15) is 12.1 Å². The first kappa shape index (κ1) is 22.1. The molecule has 3 heterocycles. The molecule has 0 radical (unpaired) electrons. The van der Waals surface area contributed by atoms with Crippen LogP contribution in [0.5, 0.6) is 0 Å². The van der Waals surface area contributed by atoms with Gasteiger partial charge in [0.15, 0.2) is 0 Å². The van der Waals surface area contributed by atoms with Crippen molar-refractivity contribution < 1.29 is 13.2 Å². The van der Waals surface area contributed by atoms with E-state index >= 15 is 0 Å². The van der Waals surface area contributed by atoms with Crippen LogP contribution in [0.25, 0.3) is 0 Å². The van der Waals surface area contributed by atoms with E-state index in [2.05, 4.69) is 24.6 Å². The van der Waals surface area contributed by atoms with Crippen LogP contribution in [0.1, 0.15) is 43.7 Å². The van der Waals surface area contributed by atoms with Crippen LogP contribution in [0, 0.1) is 5.92 Å². The van der Waals surface area contributed by atoms with Gasteiger partial charge in [-0.2, -0.15) is 0 Å². The number of anilines is 1. The van der Waals surface area contributed by atoms with Gasteiger partial charge in [0, 0.05) is 49.1 Å². The second-order valence-electron chi connectivity index (χ2n) is 8.62. The zero-order valence-electron chi connectivity index (χ0n) is 17.9. The molecule has 1 N–H and O–H groups in total. The van der Waals surface area contributed by atoms with Crippen molar-refractivity contribution in [3.05, 3.63) is 48.7 Å². The van der Waals surface area contributed by atoms with Crippen LogP contribution >= 0.6 is 0 Å². The molecule has 2 aromatic heterocycles. The monoisotopic (exact) mass is 445 g/mol. The van der Waals surface area contributed by atoms with Crippen molar-refractivity contribution in [2.24, 2.45) is 5.92 Å². The molecule has 2 aromatic rings. The highest BCUT2D eigenvalue weighted by Crippen LogP contribution is 2.33. The number of pyridine rings is 1. The lowest BCUT2D eigenvalue weighted by Gasteiger charge is -2.40. The van der Waals surface area contributed by atoms with Crippen molar-refractivity contribution in [1.82, 2.24) is 19.7 Å². The van der Waals surface area contributed by atoms with Gasteiger partial charge >= 0.3 is 0 Å². The highest BCUT2D eigenvalue weighted by Gasteiger charge is 2.33. The van der Waals surface area contributed by atoms with Gasteiger partial charge in [-0.25, -0.2) is 28.1 Å². The maximum Gasteiger partial charge on any atom is 0.208 e. The molecule has 0 amide bonds. The number of hydrogen-bond acceptors (Lipinski definition) is 7. The average Bonchev–Trinajstić information content (AvgIpc) is 2.79. The Kier molecular flexibility index (Phi) is 7.14. The fourth-order valence-electron chi connectivity index (χ4n) is 4.71. The minimum absolute atomic E-state index is 0.0741. The van der Waals surface area contributed by atoms with Gasteiger partial charge in [-0.05, 0) is 50.3 Å². The fraction of sp³-hybridized carbons (Fsp3) is 0.591. The van der Waals surface area contributed by atoms with Crippen molar-refractivity contribution in [3.63, 3.8) is 0 Å². The molecule has 4 rings (SSSR count). The smallest absolute Gasteiger partial charge is 0.208 e. The molecule has 9 heteroatoms. The lowest BCUT2D eigenvalue weighted by Crippen LogP contribution is -2.52. The molecule has 1 saturated carbocycles. The zero-order chi connectivity index (χ0) is 21.7. The molecular weight excluding hydrogens is 414 g/mol. The van der Waals surface area contributed by atoms with Crippen LogP contribution in [0.2, 0.25) is 0 Å². The highest BCUT2D eigenvalue weighted by atomic mass is 32.2. The van der Waals surface area contributed by atoms with E-state index < -0.39 is 10.0 Å². The molecule has 2 aliphatic rings. The van der Waals surface area contributed by atoms with Crippen LogP contribution in [0.3, 0.4) is 0 Å². The summed E-state index contributed by atoms with van der Waals surface area (Å²) in [7, 11) is -3.27. The number of nitrogens with zero attached hydrogens (tertiary/aromatic N) is 4. The number of hydrogen-bond donors (Lipinski definition) is 1. The largest absolute Gasteiger partial charge is 0.378 e. The van der Waals surface area contributed by atoms with Gasteiger partial charge in [-0.3, -0.25) is 0 Å². The maximum atomic E-state index is 11.9. The second kappa shape index (κ2) is 10.0. The first-order valence-electron chi connectivity index (χ1n) is 11.0. The van der Waals surface area contributed by atoms with Crippen LogP contribution < -0.4 is 9.62 Å². The summed E-state index contributed by atoms with van der Waals surface area (Å²) < 4.78 is 32.9. The molecule has 1 aliphatic heterocycles. The summed E-state index contributed by atoms with van der Waals surface area (Å²) in [5.74, 6) is 1.47. The predicted octanol–water partition coefficient (Wildman–Crippen LogP) is 2.36. The van der Waals surface area contributed by atoms with Crippen LogP contribution in [0.4, 0.5) is 5.82 Å². The Hall–Kier alpha value is -2.10. The van der Waals surface area contributed by atoms with Crippen LogP contribution in [0.15, 0.2) is 43.0 Å². The highest BCUT2D eigenvalue weighted by molar-refractivity contribution is 7.88. The zero-order valence-corrected chi connectivity index (χ0v) is 18.7. The van der Waals surface area contributed by atoms with Crippen molar-refractivity contribution in [1.29, 1.82) is 0 Å². The molecule has 2 fully saturated rings. The van der Waals surface area contributed by atoms with Gasteiger partial charge in [-0.1, -0.05) is 6.07 Å². The summed E-state index contributed by atoms with van der Waals surface area (Å²) in [4.78, 5) is 15.1. The number of ether oxygens (including phenoxy) is 1. The van der Waals surface area contributed by atoms with E-state index in [1.54, 1.807) is 18.7 Å². The maximum absolute atomic E-state index is 11.9. The van der Waals surface area contributed by atoms with E-state index in [9.17, 15) is 8.42 Å². The molecule has 0 spiro atoms. The lowest BCUT2D eigenvalue weighted by atomic mass is 9.85. The molecule has 1 aliphatic carbocycles. The third-order valence-corrected chi connectivity index (χ3v) is 7.05. The van der Waals surface area contributed by atoms with Crippen molar-refractivity contribution >= 4 is 15.8 Å². The number of rotatable bonds is 7. The third-order valence-electron chi connectivity index (χ3n) is 6.32. The summed E-state index contributed by atoms with van der Waals surface area (Å²) in [5, 5.41) is 0. The van der Waals surface area contributed by atoms with Gasteiger partial charge in [0.05, 0.1) is 19.0 Å². The first-order chi connectivity index (χ1) is 15.0. The summed E-state index contributed by atoms with van der Waals surface area (Å²) in [6.07, 6.45) is 11.5. The van der Waals surface area contributed by atoms with Crippen molar-refractivity contribution in [2.45, 2.75) is 50.2 Å². The van der Waals surface area contributed by atoms with E-state index in [-0.39, 0.29) is 18.1 Å². The molecule has 1 saturated heterocycles. The van der Waals surface area contributed by atoms with E-state index in [0.717, 1.165) is 56.7 Å². The third kappa shape index (κ3) is 6.21. The summed E-state index contributed by atoms with van der Waals surface area (Å²) in [6.45, 7) is 2.03. The summed E-state index contributed by atoms with van der Waals surface area (Å²) in [5.41, 5.74) is 1.11. The summed E-state index contributed by atoms with van der Waals surface area (Å²) >= 11 is 0. The molecule has 168 valence electrons. The molecule has 0 aromatic carbocycles. The Bertz CT molecular complexity index is 921. The molecular formula is C22H31N5O3S. The van der Waals surface area contributed by atoms with E-state index in [4.69, 9.17) is 4.74 Å². The minimum Gasteiger partial charge on any atom is -0.378 e. The Morgan fingerprint density at radius 1 is 1.10 bits per heavy atom. The SMILES string of the molecule is CS(=O)(=O)N[C@H]1CCN(c2ccccn2)CC1COC1CCC(c2ccncn2)CC1. The Labute approximate surface area is 184 Å². The molecule has 0 bridgehead atoms.